The Balaban J connectivity index is 2.66. The lowest BCUT2D eigenvalue weighted by molar-refractivity contribution is 0.110. The number of rotatable bonds is 2. The first-order valence-electron chi connectivity index (χ1n) is 4.60. The van der Waals surface area contributed by atoms with Crippen LogP contribution in [0, 0.1) is 11.3 Å². The Hall–Kier alpha value is -1.76. The van der Waals surface area contributed by atoms with E-state index in [0.717, 1.165) is 0 Å². The van der Waals surface area contributed by atoms with E-state index in [2.05, 4.69) is 0 Å². The third-order valence-corrected chi connectivity index (χ3v) is 2.68. The van der Waals surface area contributed by atoms with Gasteiger partial charge >= 0.3 is 0 Å². The molecule has 0 N–H and O–H groups in total. The second-order valence-corrected chi connectivity index (χ2v) is 4.09. The van der Waals surface area contributed by atoms with Gasteiger partial charge in [0.05, 0.1) is 22.2 Å². The molecule has 0 aliphatic carbocycles. The van der Waals surface area contributed by atoms with Crippen LogP contribution < -0.4 is 0 Å². The summed E-state index contributed by atoms with van der Waals surface area (Å²) in [4.78, 5) is 10.5. The Kier molecular flexibility index (Phi) is 3.19. The molecule has 17 heavy (non-hydrogen) atoms. The zero-order valence-electron chi connectivity index (χ0n) is 8.41. The fourth-order valence-electron chi connectivity index (χ4n) is 1.46. The van der Waals surface area contributed by atoms with Crippen molar-refractivity contribution in [1.82, 2.24) is 0 Å². The van der Waals surface area contributed by atoms with E-state index in [1.165, 1.54) is 18.2 Å². The molecule has 1 aromatic carbocycles. The quantitative estimate of drug-likeness (QED) is 0.773. The number of hydrogen-bond donors (Lipinski definition) is 0. The summed E-state index contributed by atoms with van der Waals surface area (Å²) in [6, 6.07) is 8.09. The maximum atomic E-state index is 10.5. The summed E-state index contributed by atoms with van der Waals surface area (Å²) in [6.07, 6.45) is 0.583. The monoisotopic (exact) mass is 265 g/mol. The minimum absolute atomic E-state index is 0.176. The van der Waals surface area contributed by atoms with E-state index in [0.29, 0.717) is 33.2 Å². The molecule has 0 amide bonds. The van der Waals surface area contributed by atoms with Gasteiger partial charge in [0.25, 0.3) is 0 Å². The van der Waals surface area contributed by atoms with Crippen molar-refractivity contribution in [2.75, 3.05) is 0 Å². The third kappa shape index (κ3) is 2.19. The van der Waals surface area contributed by atoms with E-state index >= 15 is 0 Å². The number of carbonyl (C=O) groups is 1. The number of benzene rings is 1. The van der Waals surface area contributed by atoms with Crippen LogP contribution in [-0.2, 0) is 0 Å². The van der Waals surface area contributed by atoms with E-state index in [1.54, 1.807) is 6.07 Å². The molecular formula is C12H5Cl2NO2. The van der Waals surface area contributed by atoms with Gasteiger partial charge in [-0.2, -0.15) is 5.26 Å². The highest BCUT2D eigenvalue weighted by Crippen LogP contribution is 2.34. The lowest BCUT2D eigenvalue weighted by Crippen LogP contribution is -1.85. The highest BCUT2D eigenvalue weighted by atomic mass is 35.5. The molecule has 3 nitrogen and oxygen atoms in total. The molecule has 0 saturated heterocycles. The Labute approximate surface area is 107 Å². The van der Waals surface area contributed by atoms with E-state index < -0.39 is 0 Å². The fourth-order valence-corrected chi connectivity index (χ4v) is 2.05. The second kappa shape index (κ2) is 4.62. The largest absolute Gasteiger partial charge is 0.453 e. The van der Waals surface area contributed by atoms with Crippen LogP contribution >= 0.6 is 23.2 Å². The van der Waals surface area contributed by atoms with Gasteiger partial charge < -0.3 is 4.42 Å². The van der Waals surface area contributed by atoms with Crippen molar-refractivity contribution in [2.24, 2.45) is 0 Å². The van der Waals surface area contributed by atoms with Gasteiger partial charge in [0.2, 0.25) is 0 Å². The smallest absolute Gasteiger partial charge is 0.185 e. The zero-order chi connectivity index (χ0) is 12.4. The molecule has 0 unspecified atom stereocenters. The van der Waals surface area contributed by atoms with E-state index in [-0.39, 0.29) is 5.76 Å². The summed E-state index contributed by atoms with van der Waals surface area (Å²) in [5, 5.41) is 9.69. The van der Waals surface area contributed by atoms with Crippen LogP contribution in [0.5, 0.6) is 0 Å². The van der Waals surface area contributed by atoms with Gasteiger partial charge in [-0.3, -0.25) is 4.79 Å². The average molecular weight is 266 g/mol. The first-order valence-corrected chi connectivity index (χ1v) is 5.36. The van der Waals surface area contributed by atoms with Crippen LogP contribution in [0.2, 0.25) is 10.0 Å². The second-order valence-electron chi connectivity index (χ2n) is 3.24. The van der Waals surface area contributed by atoms with Crippen molar-refractivity contribution >= 4 is 29.5 Å². The minimum atomic E-state index is 0.176. The topological polar surface area (TPSA) is 54.0 Å². The molecule has 0 atom stereocenters. The zero-order valence-corrected chi connectivity index (χ0v) is 9.92. The number of nitrogens with zero attached hydrogens (tertiary/aromatic N) is 1. The highest BCUT2D eigenvalue weighted by Gasteiger charge is 2.14. The number of halogens is 2. The van der Waals surface area contributed by atoms with E-state index in [4.69, 9.17) is 32.9 Å². The van der Waals surface area contributed by atoms with Crippen LogP contribution in [0.3, 0.4) is 0 Å². The lowest BCUT2D eigenvalue weighted by atomic mass is 10.1. The number of nitriles is 1. The van der Waals surface area contributed by atoms with Gasteiger partial charge in [-0.05, 0) is 24.3 Å². The molecule has 0 aliphatic rings. The summed E-state index contributed by atoms with van der Waals surface area (Å²) >= 11 is 11.8. The summed E-state index contributed by atoms with van der Waals surface area (Å²) in [6.45, 7) is 0. The molecule has 0 radical (unpaired) electrons. The van der Waals surface area contributed by atoms with Crippen molar-refractivity contribution in [3.05, 3.63) is 45.6 Å². The van der Waals surface area contributed by atoms with Crippen molar-refractivity contribution in [3.63, 3.8) is 0 Å². The van der Waals surface area contributed by atoms with Gasteiger partial charge in [-0.15, -0.1) is 0 Å². The van der Waals surface area contributed by atoms with Gasteiger partial charge in [0.1, 0.15) is 5.76 Å². The first-order chi connectivity index (χ1) is 8.15. The van der Waals surface area contributed by atoms with Crippen molar-refractivity contribution in [3.8, 4) is 17.4 Å². The molecule has 0 aliphatic heterocycles. The predicted octanol–water partition coefficient (Wildman–Crippen LogP) is 3.94. The number of hydrogen-bond acceptors (Lipinski definition) is 3. The van der Waals surface area contributed by atoms with Crippen molar-refractivity contribution in [2.45, 2.75) is 0 Å². The molecule has 0 saturated carbocycles. The third-order valence-electron chi connectivity index (χ3n) is 2.16. The van der Waals surface area contributed by atoms with Gasteiger partial charge in [-0.1, -0.05) is 23.2 Å². The van der Waals surface area contributed by atoms with Crippen molar-refractivity contribution in [1.29, 1.82) is 5.26 Å². The number of furan rings is 1. The van der Waals surface area contributed by atoms with Crippen LogP contribution in [0.1, 0.15) is 16.1 Å². The standard InChI is InChI=1S/C12H5Cl2NO2/c13-8-3-7(5-15)12(10(14)4-8)11-2-1-9(6-16)17-11/h1-4,6H. The summed E-state index contributed by atoms with van der Waals surface area (Å²) in [7, 11) is 0. The van der Waals surface area contributed by atoms with E-state index in [1.807, 2.05) is 6.07 Å². The van der Waals surface area contributed by atoms with Crippen LogP contribution in [0.4, 0.5) is 0 Å². The lowest BCUT2D eigenvalue weighted by Gasteiger charge is -2.04. The maximum absolute atomic E-state index is 10.5. The molecule has 0 spiro atoms. The minimum Gasteiger partial charge on any atom is -0.453 e. The number of aldehydes is 1. The predicted molar refractivity (Wildman–Crippen MR) is 64.3 cm³/mol. The van der Waals surface area contributed by atoms with E-state index in [9.17, 15) is 4.79 Å². The molecular weight excluding hydrogens is 261 g/mol. The molecule has 5 heteroatoms. The van der Waals surface area contributed by atoms with Crippen LogP contribution in [-0.4, -0.2) is 6.29 Å². The molecule has 1 heterocycles. The molecule has 2 aromatic rings. The van der Waals surface area contributed by atoms with Crippen LogP contribution in [0.15, 0.2) is 28.7 Å². The van der Waals surface area contributed by atoms with Crippen molar-refractivity contribution < 1.29 is 9.21 Å². The van der Waals surface area contributed by atoms with Gasteiger partial charge in [0, 0.05) is 5.02 Å². The summed E-state index contributed by atoms with van der Waals surface area (Å²) in [5.41, 5.74) is 0.737. The summed E-state index contributed by atoms with van der Waals surface area (Å²) in [5.74, 6) is 0.542. The SMILES string of the molecule is N#Cc1cc(Cl)cc(Cl)c1-c1ccc(C=O)o1. The Bertz CT molecular complexity index is 626. The Morgan fingerprint density at radius 1 is 1.29 bits per heavy atom. The van der Waals surface area contributed by atoms with Gasteiger partial charge in [-0.25, -0.2) is 0 Å². The Morgan fingerprint density at radius 2 is 2.06 bits per heavy atom. The first kappa shape index (κ1) is 11.7. The molecule has 84 valence electrons. The maximum Gasteiger partial charge on any atom is 0.185 e. The molecule has 1 aromatic heterocycles. The normalized spacial score (nSPS) is 9.94. The average Bonchev–Trinajstić information content (AvgIpc) is 2.76. The number of carbonyl (C=O) groups excluding carboxylic acids is 1. The molecule has 0 fully saturated rings. The highest BCUT2D eigenvalue weighted by molar-refractivity contribution is 6.36. The Morgan fingerprint density at radius 3 is 2.65 bits per heavy atom. The molecule has 0 bridgehead atoms. The molecule has 2 rings (SSSR count). The fraction of sp³-hybridized carbons (Fsp3) is 0. The summed E-state index contributed by atoms with van der Waals surface area (Å²) < 4.78 is 5.24. The van der Waals surface area contributed by atoms with Crippen LogP contribution in [0.25, 0.3) is 11.3 Å². The van der Waals surface area contributed by atoms with Gasteiger partial charge in [0.15, 0.2) is 12.0 Å².